The van der Waals surface area contributed by atoms with Crippen LogP contribution in [0, 0.1) is 5.92 Å². The molecule has 1 aliphatic heterocycles. The van der Waals surface area contributed by atoms with Crippen LogP contribution in [0.3, 0.4) is 0 Å². The zero-order valence-electron chi connectivity index (χ0n) is 10.1. The maximum atomic E-state index is 11.5. The number of carbonyl (C=O) groups is 1. The summed E-state index contributed by atoms with van der Waals surface area (Å²) >= 11 is 0. The highest BCUT2D eigenvalue weighted by atomic mass is 16.6. The molecule has 2 N–H and O–H groups in total. The monoisotopic (exact) mass is 231 g/mol. The Hall–Kier alpha value is -0.810. The number of likely N-dealkylation sites (tertiary alicyclic amines) is 1. The number of amides is 1. The van der Waals surface area contributed by atoms with Gasteiger partial charge >= 0.3 is 6.09 Å². The second kappa shape index (κ2) is 5.01. The molecule has 1 aliphatic rings. The molecule has 5 heteroatoms. The third-order valence-electron chi connectivity index (χ3n) is 2.53. The summed E-state index contributed by atoms with van der Waals surface area (Å²) in [6.45, 7) is 6.46. The maximum absolute atomic E-state index is 11.5. The lowest BCUT2D eigenvalue weighted by molar-refractivity contribution is -0.0353. The van der Waals surface area contributed by atoms with Crippen LogP contribution in [0.1, 0.15) is 27.2 Å². The Morgan fingerprint density at radius 1 is 1.50 bits per heavy atom. The van der Waals surface area contributed by atoms with Crippen LogP contribution in [0.15, 0.2) is 0 Å². The number of aliphatic hydroxyl groups excluding tert-OH is 2. The topological polar surface area (TPSA) is 70.0 Å². The Kier molecular flexibility index (Phi) is 4.15. The molecular weight excluding hydrogens is 210 g/mol. The predicted molar refractivity (Wildman–Crippen MR) is 59.0 cm³/mol. The minimum Gasteiger partial charge on any atom is -0.444 e. The van der Waals surface area contributed by atoms with Crippen LogP contribution in [0.2, 0.25) is 0 Å². The third kappa shape index (κ3) is 3.64. The smallest absolute Gasteiger partial charge is 0.410 e. The van der Waals surface area contributed by atoms with E-state index in [4.69, 9.17) is 9.84 Å². The minimum absolute atomic E-state index is 0.0237. The van der Waals surface area contributed by atoms with E-state index in [1.165, 1.54) is 0 Å². The van der Waals surface area contributed by atoms with Crippen LogP contribution in [0.4, 0.5) is 4.79 Å². The number of hydrogen-bond donors (Lipinski definition) is 2. The highest BCUT2D eigenvalue weighted by molar-refractivity contribution is 5.69. The van der Waals surface area contributed by atoms with Crippen molar-refractivity contribution in [1.82, 2.24) is 4.90 Å². The van der Waals surface area contributed by atoms with Crippen molar-refractivity contribution in [2.24, 2.45) is 5.92 Å². The molecule has 0 aromatic rings. The normalized spacial score (nSPS) is 19.2. The van der Waals surface area contributed by atoms with E-state index in [1.54, 1.807) is 4.90 Å². The fourth-order valence-electron chi connectivity index (χ4n) is 1.60. The molecule has 0 aliphatic carbocycles. The van der Waals surface area contributed by atoms with Crippen LogP contribution in [0.5, 0.6) is 0 Å². The first kappa shape index (κ1) is 13.3. The number of carbonyl (C=O) groups excluding carboxylic acids is 1. The van der Waals surface area contributed by atoms with E-state index in [9.17, 15) is 9.90 Å². The van der Waals surface area contributed by atoms with E-state index in [1.807, 2.05) is 20.8 Å². The second-order valence-electron chi connectivity index (χ2n) is 5.23. The van der Waals surface area contributed by atoms with Crippen LogP contribution in [-0.4, -0.2) is 52.6 Å². The van der Waals surface area contributed by atoms with Crippen LogP contribution < -0.4 is 0 Å². The maximum Gasteiger partial charge on any atom is 0.410 e. The zero-order valence-corrected chi connectivity index (χ0v) is 10.1. The van der Waals surface area contributed by atoms with Gasteiger partial charge < -0.3 is 19.8 Å². The van der Waals surface area contributed by atoms with Crippen molar-refractivity contribution < 1.29 is 19.7 Å². The molecule has 1 atom stereocenters. The fourth-order valence-corrected chi connectivity index (χ4v) is 1.60. The summed E-state index contributed by atoms with van der Waals surface area (Å²) < 4.78 is 5.19. The van der Waals surface area contributed by atoms with Gasteiger partial charge in [0, 0.05) is 25.6 Å². The van der Waals surface area contributed by atoms with Gasteiger partial charge in [-0.15, -0.1) is 0 Å². The van der Waals surface area contributed by atoms with E-state index in [0.29, 0.717) is 19.5 Å². The van der Waals surface area contributed by atoms with Crippen molar-refractivity contribution in [2.75, 3.05) is 19.7 Å². The summed E-state index contributed by atoms with van der Waals surface area (Å²) in [5.41, 5.74) is -0.480. The first-order valence-electron chi connectivity index (χ1n) is 5.60. The lowest BCUT2D eigenvalue weighted by atomic mass is 9.92. The average Bonchev–Trinajstić information content (AvgIpc) is 1.97. The first-order chi connectivity index (χ1) is 7.33. The number of hydrogen-bond acceptors (Lipinski definition) is 4. The molecule has 94 valence electrons. The van der Waals surface area contributed by atoms with Crippen molar-refractivity contribution in [1.29, 1.82) is 0 Å². The van der Waals surface area contributed by atoms with E-state index in [2.05, 4.69) is 0 Å². The molecule has 0 unspecified atom stereocenters. The van der Waals surface area contributed by atoms with Crippen molar-refractivity contribution in [3.05, 3.63) is 0 Å². The summed E-state index contributed by atoms with van der Waals surface area (Å²) in [7, 11) is 0. The molecule has 0 bridgehead atoms. The van der Waals surface area contributed by atoms with Gasteiger partial charge in [-0.1, -0.05) is 0 Å². The molecule has 0 aromatic carbocycles. The third-order valence-corrected chi connectivity index (χ3v) is 2.53. The Morgan fingerprint density at radius 2 is 2.06 bits per heavy atom. The standard InChI is InChI=1S/C11H21NO4/c1-11(2,3)16-10(15)12-6-8(7-12)9(14)4-5-13/h8-9,13-14H,4-7H2,1-3H3/t9-/m1/s1. The molecule has 1 amide bonds. The summed E-state index contributed by atoms with van der Waals surface area (Å²) in [6.07, 6.45) is -0.490. The van der Waals surface area contributed by atoms with Gasteiger partial charge in [0.15, 0.2) is 0 Å². The number of nitrogens with zero attached hydrogens (tertiary/aromatic N) is 1. The fraction of sp³-hybridized carbons (Fsp3) is 0.909. The minimum atomic E-state index is -0.524. The Balaban J connectivity index is 2.28. The molecule has 0 spiro atoms. The summed E-state index contributed by atoms with van der Waals surface area (Å²) in [5, 5.41) is 18.2. The summed E-state index contributed by atoms with van der Waals surface area (Å²) in [6, 6.07) is 0. The average molecular weight is 231 g/mol. The van der Waals surface area contributed by atoms with Crippen LogP contribution in [0.25, 0.3) is 0 Å². The van der Waals surface area contributed by atoms with Gasteiger partial charge in [-0.25, -0.2) is 4.79 Å². The van der Waals surface area contributed by atoms with Gasteiger partial charge in [-0.2, -0.15) is 0 Å². The van der Waals surface area contributed by atoms with Crippen LogP contribution in [-0.2, 0) is 4.74 Å². The Morgan fingerprint density at radius 3 is 2.50 bits per heavy atom. The lowest BCUT2D eigenvalue weighted by Gasteiger charge is -2.41. The largest absolute Gasteiger partial charge is 0.444 e. The van der Waals surface area contributed by atoms with Crippen molar-refractivity contribution in [2.45, 2.75) is 38.9 Å². The van der Waals surface area contributed by atoms with Gasteiger partial charge in [0.1, 0.15) is 5.60 Å². The molecule has 1 rings (SSSR count). The lowest BCUT2D eigenvalue weighted by Crippen LogP contribution is -2.55. The molecule has 16 heavy (non-hydrogen) atoms. The quantitative estimate of drug-likeness (QED) is 0.746. The molecule has 0 aromatic heterocycles. The second-order valence-corrected chi connectivity index (χ2v) is 5.23. The number of aliphatic hydroxyl groups is 2. The zero-order chi connectivity index (χ0) is 12.3. The Bertz CT molecular complexity index is 243. The SMILES string of the molecule is CC(C)(C)OC(=O)N1CC([C@H](O)CCO)C1. The van der Waals surface area contributed by atoms with Crippen LogP contribution >= 0.6 is 0 Å². The molecule has 5 nitrogen and oxygen atoms in total. The molecule has 1 heterocycles. The van der Waals surface area contributed by atoms with Crippen molar-refractivity contribution in [3.63, 3.8) is 0 Å². The highest BCUT2D eigenvalue weighted by Gasteiger charge is 2.37. The van der Waals surface area contributed by atoms with E-state index >= 15 is 0 Å². The van der Waals surface area contributed by atoms with Gasteiger partial charge in [-0.05, 0) is 27.2 Å². The van der Waals surface area contributed by atoms with Gasteiger partial charge in [0.05, 0.1) is 6.10 Å². The van der Waals surface area contributed by atoms with E-state index in [0.717, 1.165) is 0 Å². The predicted octanol–water partition coefficient (Wildman–Crippen LogP) is 0.597. The molecule has 1 fully saturated rings. The molecule has 0 saturated carbocycles. The Labute approximate surface area is 96.0 Å². The number of ether oxygens (including phenoxy) is 1. The molecule has 1 saturated heterocycles. The van der Waals surface area contributed by atoms with Crippen molar-refractivity contribution >= 4 is 6.09 Å². The summed E-state index contributed by atoms with van der Waals surface area (Å²) in [4.78, 5) is 13.1. The van der Waals surface area contributed by atoms with Gasteiger partial charge in [0.2, 0.25) is 0 Å². The first-order valence-corrected chi connectivity index (χ1v) is 5.60. The van der Waals surface area contributed by atoms with E-state index in [-0.39, 0.29) is 18.6 Å². The molecule has 0 radical (unpaired) electrons. The van der Waals surface area contributed by atoms with Gasteiger partial charge in [-0.3, -0.25) is 0 Å². The van der Waals surface area contributed by atoms with Gasteiger partial charge in [0.25, 0.3) is 0 Å². The number of rotatable bonds is 3. The van der Waals surface area contributed by atoms with E-state index < -0.39 is 11.7 Å². The van der Waals surface area contributed by atoms with Crippen molar-refractivity contribution in [3.8, 4) is 0 Å². The molecular formula is C11H21NO4. The highest BCUT2D eigenvalue weighted by Crippen LogP contribution is 2.23. The summed E-state index contributed by atoms with van der Waals surface area (Å²) in [5.74, 6) is 0.0691.